The molecule has 0 spiro atoms. The van der Waals surface area contributed by atoms with Crippen LogP contribution in [0.2, 0.25) is 0 Å². The zero-order valence-corrected chi connectivity index (χ0v) is 21.6. The average Bonchev–Trinajstić information content (AvgIpc) is 3.42. The first-order chi connectivity index (χ1) is 17.7. The molecule has 2 heterocycles. The fourth-order valence-electron chi connectivity index (χ4n) is 4.13. The van der Waals surface area contributed by atoms with Gasteiger partial charge in [0, 0.05) is 49.8 Å². The number of rotatable bonds is 8. The van der Waals surface area contributed by atoms with Crippen LogP contribution in [-0.2, 0) is 11.8 Å². The molecule has 0 fully saturated rings. The van der Waals surface area contributed by atoms with Crippen LogP contribution in [0.5, 0.6) is 5.88 Å². The van der Waals surface area contributed by atoms with Gasteiger partial charge in [0.15, 0.2) is 5.88 Å². The summed E-state index contributed by atoms with van der Waals surface area (Å²) in [5.74, 6) is -0.640. The number of aryl methyl sites for hydroxylation is 1. The Labute approximate surface area is 215 Å². The van der Waals surface area contributed by atoms with Crippen LogP contribution < -0.4 is 0 Å². The number of esters is 1. The molecule has 4 rings (SSSR count). The van der Waals surface area contributed by atoms with Crippen LogP contribution in [0.4, 0.5) is 5.69 Å². The van der Waals surface area contributed by atoms with Crippen LogP contribution in [0, 0.1) is 0 Å². The van der Waals surface area contributed by atoms with E-state index in [1.807, 2.05) is 56.4 Å². The topological polar surface area (TPSA) is 103 Å². The van der Waals surface area contributed by atoms with Crippen molar-refractivity contribution < 1.29 is 19.4 Å². The first-order valence-electron chi connectivity index (χ1n) is 11.8. The number of carbonyl (C=O) groups excluding carboxylic acids is 2. The molecule has 0 unspecified atom stereocenters. The Kier molecular flexibility index (Phi) is 7.45. The molecular weight excluding hydrogens is 470 g/mol. The number of benzene rings is 2. The summed E-state index contributed by atoms with van der Waals surface area (Å²) >= 11 is 0. The van der Waals surface area contributed by atoms with E-state index in [1.165, 1.54) is 7.11 Å². The second kappa shape index (κ2) is 10.7. The van der Waals surface area contributed by atoms with Gasteiger partial charge in [-0.05, 0) is 32.3 Å². The highest BCUT2D eigenvalue weighted by atomic mass is 16.5. The molecule has 0 bridgehead atoms. The Hall–Kier alpha value is -4.37. The lowest BCUT2D eigenvalue weighted by Gasteiger charge is -2.19. The standard InChI is InChI=1S/C28H31N5O4/c1-31(2)13-14-32(3)27(35)23-16-20(17-33(23)4)29-25(18-9-7-6-8-10-18)24-21-12-11-19(28(36)37-5)15-22(21)30-26(24)34/h6-12,15-17,30,34H,13-14H2,1-5H3. The number of H-pyrrole nitrogens is 1. The first-order valence-corrected chi connectivity index (χ1v) is 11.8. The lowest BCUT2D eigenvalue weighted by Crippen LogP contribution is -2.34. The highest BCUT2D eigenvalue weighted by Gasteiger charge is 2.21. The predicted molar refractivity (Wildman–Crippen MR) is 144 cm³/mol. The van der Waals surface area contributed by atoms with Gasteiger partial charge in [-0.15, -0.1) is 0 Å². The summed E-state index contributed by atoms with van der Waals surface area (Å²) in [6, 6.07) is 16.3. The molecule has 0 aliphatic carbocycles. The molecule has 9 nitrogen and oxygen atoms in total. The maximum atomic E-state index is 13.1. The quantitative estimate of drug-likeness (QED) is 0.282. The van der Waals surface area contributed by atoms with Gasteiger partial charge in [0.2, 0.25) is 0 Å². The number of likely N-dealkylation sites (N-methyl/N-ethyl adjacent to an activating group) is 2. The number of aliphatic imine (C=N–C) groups is 1. The average molecular weight is 502 g/mol. The third-order valence-electron chi connectivity index (χ3n) is 6.16. The molecule has 0 aliphatic rings. The summed E-state index contributed by atoms with van der Waals surface area (Å²) in [4.78, 5) is 36.6. The summed E-state index contributed by atoms with van der Waals surface area (Å²) in [5.41, 5.74) is 3.84. The zero-order valence-electron chi connectivity index (χ0n) is 21.6. The lowest BCUT2D eigenvalue weighted by atomic mass is 10.00. The number of carbonyl (C=O) groups is 2. The van der Waals surface area contributed by atoms with Gasteiger partial charge >= 0.3 is 5.97 Å². The van der Waals surface area contributed by atoms with E-state index in [9.17, 15) is 14.7 Å². The number of hydrogen-bond donors (Lipinski definition) is 2. The molecule has 1 amide bonds. The van der Waals surface area contributed by atoms with Crippen LogP contribution in [0.25, 0.3) is 10.9 Å². The van der Waals surface area contributed by atoms with Crippen molar-refractivity contribution in [3.8, 4) is 5.88 Å². The van der Waals surface area contributed by atoms with Crippen LogP contribution >= 0.6 is 0 Å². The Morgan fingerprint density at radius 2 is 1.76 bits per heavy atom. The number of amides is 1. The normalized spacial score (nSPS) is 11.8. The van der Waals surface area contributed by atoms with Crippen molar-refractivity contribution in [3.63, 3.8) is 0 Å². The molecular formula is C28H31N5O4. The lowest BCUT2D eigenvalue weighted by molar-refractivity contribution is 0.0600. The van der Waals surface area contributed by atoms with Gasteiger partial charge in [0.05, 0.1) is 29.6 Å². The van der Waals surface area contributed by atoms with Crippen molar-refractivity contribution in [2.45, 2.75) is 0 Å². The fourth-order valence-corrected chi connectivity index (χ4v) is 4.13. The summed E-state index contributed by atoms with van der Waals surface area (Å²) < 4.78 is 6.58. The molecule has 2 N–H and O–H groups in total. The summed E-state index contributed by atoms with van der Waals surface area (Å²) in [6.45, 7) is 1.36. The number of aromatic nitrogens is 2. The van der Waals surface area contributed by atoms with Crippen molar-refractivity contribution in [1.82, 2.24) is 19.4 Å². The van der Waals surface area contributed by atoms with Gasteiger partial charge in [-0.1, -0.05) is 36.4 Å². The molecule has 37 heavy (non-hydrogen) atoms. The highest BCUT2D eigenvalue weighted by molar-refractivity contribution is 6.22. The van der Waals surface area contributed by atoms with Crippen LogP contribution in [0.15, 0.2) is 65.8 Å². The number of aromatic hydroxyl groups is 1. The predicted octanol–water partition coefficient (Wildman–Crippen LogP) is 3.80. The van der Waals surface area contributed by atoms with E-state index in [4.69, 9.17) is 9.73 Å². The van der Waals surface area contributed by atoms with Gasteiger partial charge in [-0.25, -0.2) is 9.79 Å². The minimum absolute atomic E-state index is 0.0738. The van der Waals surface area contributed by atoms with Gasteiger partial charge in [0.25, 0.3) is 5.91 Å². The van der Waals surface area contributed by atoms with Crippen molar-refractivity contribution >= 4 is 34.2 Å². The molecule has 9 heteroatoms. The monoisotopic (exact) mass is 501 g/mol. The van der Waals surface area contributed by atoms with Gasteiger partial charge in [-0.3, -0.25) is 4.79 Å². The molecule has 2 aromatic carbocycles. The van der Waals surface area contributed by atoms with E-state index in [1.54, 1.807) is 47.0 Å². The summed E-state index contributed by atoms with van der Waals surface area (Å²) in [7, 11) is 8.85. The summed E-state index contributed by atoms with van der Waals surface area (Å²) in [5, 5.41) is 11.6. The molecule has 0 aliphatic heterocycles. The third kappa shape index (κ3) is 5.41. The molecule has 0 radical (unpaired) electrons. The Balaban J connectivity index is 1.80. The van der Waals surface area contributed by atoms with Crippen LogP contribution in [0.1, 0.15) is 32.0 Å². The number of nitrogens with one attached hydrogen (secondary N) is 1. The summed E-state index contributed by atoms with van der Waals surface area (Å²) in [6.07, 6.45) is 1.79. The second-order valence-electron chi connectivity index (χ2n) is 9.15. The fraction of sp³-hybridized carbons (Fsp3) is 0.250. The van der Waals surface area contributed by atoms with E-state index >= 15 is 0 Å². The van der Waals surface area contributed by atoms with Gasteiger partial charge in [0.1, 0.15) is 5.69 Å². The zero-order chi connectivity index (χ0) is 26.7. The van der Waals surface area contributed by atoms with E-state index in [0.717, 1.165) is 12.1 Å². The van der Waals surface area contributed by atoms with Crippen molar-refractivity contribution in [2.75, 3.05) is 41.3 Å². The van der Waals surface area contributed by atoms with Crippen LogP contribution in [-0.4, -0.2) is 83.4 Å². The Morgan fingerprint density at radius 3 is 2.43 bits per heavy atom. The minimum Gasteiger partial charge on any atom is -0.494 e. The van der Waals surface area contributed by atoms with E-state index in [-0.39, 0.29) is 11.8 Å². The molecule has 192 valence electrons. The Morgan fingerprint density at radius 1 is 1.03 bits per heavy atom. The number of hydrogen-bond acceptors (Lipinski definition) is 6. The molecule has 0 saturated carbocycles. The maximum absolute atomic E-state index is 13.1. The highest BCUT2D eigenvalue weighted by Crippen LogP contribution is 2.32. The van der Waals surface area contributed by atoms with Gasteiger partial charge in [-0.2, -0.15) is 0 Å². The van der Waals surface area contributed by atoms with Crippen molar-refractivity contribution in [3.05, 3.63) is 83.2 Å². The SMILES string of the molecule is COC(=O)c1ccc2c(C(=Nc3cc(C(=O)N(C)CCN(C)C)n(C)c3)c3ccccc3)c(O)[nH]c2c1. The first kappa shape index (κ1) is 25.7. The molecule has 4 aromatic rings. The number of nitrogens with zero attached hydrogens (tertiary/aromatic N) is 4. The van der Waals surface area contributed by atoms with E-state index < -0.39 is 5.97 Å². The van der Waals surface area contributed by atoms with Crippen LogP contribution in [0.3, 0.4) is 0 Å². The largest absolute Gasteiger partial charge is 0.494 e. The number of aromatic amines is 1. The van der Waals surface area contributed by atoms with E-state index in [2.05, 4.69) is 4.98 Å². The number of fused-ring (bicyclic) bond motifs is 1. The minimum atomic E-state index is -0.466. The number of ether oxygens (including phenoxy) is 1. The van der Waals surface area contributed by atoms with E-state index in [0.29, 0.717) is 45.7 Å². The second-order valence-corrected chi connectivity index (χ2v) is 9.15. The van der Waals surface area contributed by atoms with Crippen molar-refractivity contribution in [2.24, 2.45) is 12.0 Å². The van der Waals surface area contributed by atoms with Gasteiger partial charge < -0.3 is 29.2 Å². The maximum Gasteiger partial charge on any atom is 0.337 e. The molecule has 0 saturated heterocycles. The smallest absolute Gasteiger partial charge is 0.337 e. The van der Waals surface area contributed by atoms with Crippen molar-refractivity contribution in [1.29, 1.82) is 0 Å². The number of methoxy groups -OCH3 is 1. The molecule has 2 aromatic heterocycles. The molecule has 0 atom stereocenters. The Bertz CT molecular complexity index is 1470. The third-order valence-corrected chi connectivity index (χ3v) is 6.16.